The summed E-state index contributed by atoms with van der Waals surface area (Å²) in [6, 6.07) is -1.33. The summed E-state index contributed by atoms with van der Waals surface area (Å²) in [5.41, 5.74) is 8.44. The van der Waals surface area contributed by atoms with Gasteiger partial charge in [-0.15, -0.1) is 0 Å². The highest BCUT2D eigenvalue weighted by molar-refractivity contribution is 5.87. The third-order valence-electron chi connectivity index (χ3n) is 2.98. The number of ether oxygens (including phenoxy) is 1. The van der Waals surface area contributed by atoms with E-state index in [4.69, 9.17) is 10.3 Å². The molecule has 1 saturated heterocycles. The molecule has 0 radical (unpaired) electrons. The maximum absolute atomic E-state index is 12.1. The van der Waals surface area contributed by atoms with Crippen molar-refractivity contribution >= 4 is 11.9 Å². The van der Waals surface area contributed by atoms with E-state index < -0.39 is 18.1 Å². The molecular formula is C11H18N4O3. The maximum Gasteiger partial charge on any atom is 0.328 e. The van der Waals surface area contributed by atoms with Crippen molar-refractivity contribution in [3.05, 3.63) is 10.4 Å². The minimum absolute atomic E-state index is 0.283. The van der Waals surface area contributed by atoms with Gasteiger partial charge in [-0.2, -0.15) is 0 Å². The normalized spacial score (nSPS) is 21.8. The number of likely N-dealkylation sites (tertiary alicyclic amines) is 1. The summed E-state index contributed by atoms with van der Waals surface area (Å²) in [5.74, 6) is -0.710. The van der Waals surface area contributed by atoms with Crippen LogP contribution in [0.25, 0.3) is 10.4 Å². The van der Waals surface area contributed by atoms with Gasteiger partial charge in [-0.25, -0.2) is 4.79 Å². The molecule has 100 valence electrons. The standard InChI is InChI=1S/C11H18N4O3/c1-3-18-11(17)8(2)15-7-5-4-6-9(10(15)16)13-14-12/h8-9H,3-7H2,1-2H3. The number of amides is 1. The Bertz CT molecular complexity index is 365. The van der Waals surface area contributed by atoms with E-state index in [-0.39, 0.29) is 12.5 Å². The molecule has 0 N–H and O–H groups in total. The lowest BCUT2D eigenvalue weighted by atomic mass is 10.1. The Balaban J connectivity index is 2.81. The molecule has 1 aliphatic rings. The zero-order valence-electron chi connectivity index (χ0n) is 10.7. The first-order valence-electron chi connectivity index (χ1n) is 6.13. The van der Waals surface area contributed by atoms with Crippen LogP contribution < -0.4 is 0 Å². The van der Waals surface area contributed by atoms with Gasteiger partial charge >= 0.3 is 5.97 Å². The fourth-order valence-corrected chi connectivity index (χ4v) is 1.99. The van der Waals surface area contributed by atoms with Gasteiger partial charge in [0.2, 0.25) is 5.91 Å². The summed E-state index contributed by atoms with van der Waals surface area (Å²) >= 11 is 0. The third-order valence-corrected chi connectivity index (χ3v) is 2.98. The molecule has 7 heteroatoms. The maximum atomic E-state index is 12.1. The average molecular weight is 254 g/mol. The van der Waals surface area contributed by atoms with Crippen molar-refractivity contribution < 1.29 is 14.3 Å². The number of hydrogen-bond donors (Lipinski definition) is 0. The third kappa shape index (κ3) is 3.37. The van der Waals surface area contributed by atoms with Crippen molar-refractivity contribution in [2.24, 2.45) is 5.11 Å². The zero-order chi connectivity index (χ0) is 13.5. The lowest BCUT2D eigenvalue weighted by Gasteiger charge is -2.27. The topological polar surface area (TPSA) is 95.4 Å². The number of hydrogen-bond acceptors (Lipinski definition) is 4. The molecule has 18 heavy (non-hydrogen) atoms. The molecular weight excluding hydrogens is 236 g/mol. The Labute approximate surface area is 106 Å². The highest BCUT2D eigenvalue weighted by Gasteiger charge is 2.32. The van der Waals surface area contributed by atoms with E-state index >= 15 is 0 Å². The van der Waals surface area contributed by atoms with Gasteiger partial charge in [0.05, 0.1) is 6.61 Å². The fourth-order valence-electron chi connectivity index (χ4n) is 1.99. The van der Waals surface area contributed by atoms with Gasteiger partial charge in [0.1, 0.15) is 12.1 Å². The van der Waals surface area contributed by atoms with Crippen molar-refractivity contribution in [2.45, 2.75) is 45.2 Å². The molecule has 2 unspecified atom stereocenters. The quantitative estimate of drug-likeness (QED) is 0.330. The molecule has 0 aromatic carbocycles. The second kappa shape index (κ2) is 6.86. The van der Waals surface area contributed by atoms with Crippen molar-refractivity contribution in [2.75, 3.05) is 13.2 Å². The van der Waals surface area contributed by atoms with Crippen LogP contribution in [0.1, 0.15) is 33.1 Å². The zero-order valence-corrected chi connectivity index (χ0v) is 10.7. The summed E-state index contributed by atoms with van der Waals surface area (Å²) < 4.78 is 4.90. The molecule has 1 heterocycles. The van der Waals surface area contributed by atoms with E-state index in [2.05, 4.69) is 10.0 Å². The summed E-state index contributed by atoms with van der Waals surface area (Å²) in [6.07, 6.45) is 2.14. The molecule has 0 bridgehead atoms. The number of nitrogens with zero attached hydrogens (tertiary/aromatic N) is 4. The van der Waals surface area contributed by atoms with Crippen LogP contribution in [0.15, 0.2) is 5.11 Å². The van der Waals surface area contributed by atoms with Gasteiger partial charge in [-0.05, 0) is 32.2 Å². The number of carbonyl (C=O) groups is 2. The Morgan fingerprint density at radius 2 is 2.39 bits per heavy atom. The minimum Gasteiger partial charge on any atom is -0.464 e. The molecule has 0 saturated carbocycles. The van der Waals surface area contributed by atoms with Crippen molar-refractivity contribution in [1.29, 1.82) is 0 Å². The number of carbonyl (C=O) groups excluding carboxylic acids is 2. The predicted molar refractivity (Wildman–Crippen MR) is 64.6 cm³/mol. The van der Waals surface area contributed by atoms with Crippen LogP contribution in [-0.4, -0.2) is 42.0 Å². The van der Waals surface area contributed by atoms with Crippen LogP contribution in [0.3, 0.4) is 0 Å². The molecule has 0 aromatic heterocycles. The van der Waals surface area contributed by atoms with Gasteiger partial charge in [-0.3, -0.25) is 4.79 Å². The average Bonchev–Trinajstić information content (AvgIpc) is 2.53. The molecule has 1 fully saturated rings. The number of azide groups is 1. The van der Waals surface area contributed by atoms with Crippen molar-refractivity contribution in [1.82, 2.24) is 4.90 Å². The van der Waals surface area contributed by atoms with Gasteiger partial charge in [0, 0.05) is 11.5 Å². The molecule has 1 amide bonds. The Morgan fingerprint density at radius 3 is 3.00 bits per heavy atom. The monoisotopic (exact) mass is 254 g/mol. The first-order valence-corrected chi connectivity index (χ1v) is 6.13. The number of rotatable bonds is 4. The van der Waals surface area contributed by atoms with E-state index in [1.807, 2.05) is 0 Å². The fraction of sp³-hybridized carbons (Fsp3) is 0.818. The van der Waals surface area contributed by atoms with E-state index in [0.29, 0.717) is 13.0 Å². The molecule has 2 atom stereocenters. The summed E-state index contributed by atoms with van der Waals surface area (Å²) in [5, 5.41) is 3.50. The largest absolute Gasteiger partial charge is 0.464 e. The molecule has 7 nitrogen and oxygen atoms in total. The minimum atomic E-state index is -0.700. The second-order valence-electron chi connectivity index (χ2n) is 4.18. The van der Waals surface area contributed by atoms with Crippen LogP contribution in [0, 0.1) is 0 Å². The summed E-state index contributed by atoms with van der Waals surface area (Å²) in [7, 11) is 0. The van der Waals surface area contributed by atoms with Crippen LogP contribution >= 0.6 is 0 Å². The molecule has 1 aliphatic heterocycles. The Kier molecular flexibility index (Phi) is 5.45. The first-order chi connectivity index (χ1) is 8.61. The van der Waals surface area contributed by atoms with Crippen molar-refractivity contribution in [3.8, 4) is 0 Å². The van der Waals surface area contributed by atoms with E-state index in [1.165, 1.54) is 4.90 Å². The van der Waals surface area contributed by atoms with Crippen LogP contribution in [0.2, 0.25) is 0 Å². The van der Waals surface area contributed by atoms with Crippen LogP contribution in [-0.2, 0) is 14.3 Å². The molecule has 0 spiro atoms. The highest BCUT2D eigenvalue weighted by atomic mass is 16.5. The van der Waals surface area contributed by atoms with Gasteiger partial charge < -0.3 is 9.64 Å². The summed E-state index contributed by atoms with van der Waals surface area (Å²) in [6.45, 7) is 4.13. The Hall–Kier alpha value is -1.75. The molecule has 1 rings (SSSR count). The Morgan fingerprint density at radius 1 is 1.67 bits per heavy atom. The van der Waals surface area contributed by atoms with Crippen LogP contribution in [0.5, 0.6) is 0 Å². The van der Waals surface area contributed by atoms with Gasteiger partial charge in [0.15, 0.2) is 0 Å². The smallest absolute Gasteiger partial charge is 0.328 e. The molecule has 0 aromatic rings. The van der Waals surface area contributed by atoms with Crippen molar-refractivity contribution in [3.63, 3.8) is 0 Å². The lowest BCUT2D eigenvalue weighted by molar-refractivity contribution is -0.154. The van der Waals surface area contributed by atoms with E-state index in [1.54, 1.807) is 13.8 Å². The SMILES string of the molecule is CCOC(=O)C(C)N1CCCCC(N=[N+]=[N-])C1=O. The predicted octanol–water partition coefficient (Wildman–Crippen LogP) is 1.63. The first kappa shape index (κ1) is 14.3. The summed E-state index contributed by atoms with van der Waals surface area (Å²) in [4.78, 5) is 27.9. The van der Waals surface area contributed by atoms with Crippen LogP contribution in [0.4, 0.5) is 0 Å². The molecule has 0 aliphatic carbocycles. The second-order valence-corrected chi connectivity index (χ2v) is 4.18. The number of esters is 1. The lowest BCUT2D eigenvalue weighted by Crippen LogP contribution is -2.47. The van der Waals surface area contributed by atoms with E-state index in [0.717, 1.165) is 12.8 Å². The van der Waals surface area contributed by atoms with Gasteiger partial charge in [-0.1, -0.05) is 11.5 Å². The highest BCUT2D eigenvalue weighted by Crippen LogP contribution is 2.18. The van der Waals surface area contributed by atoms with Gasteiger partial charge in [0.25, 0.3) is 0 Å². The van der Waals surface area contributed by atoms with E-state index in [9.17, 15) is 9.59 Å².